The van der Waals surface area contributed by atoms with Gasteiger partial charge >= 0.3 is 0 Å². The van der Waals surface area contributed by atoms with E-state index in [1.165, 1.54) is 0 Å². The zero-order valence-electron chi connectivity index (χ0n) is 9.13. The van der Waals surface area contributed by atoms with Gasteiger partial charge < -0.3 is 5.73 Å². The van der Waals surface area contributed by atoms with Crippen molar-refractivity contribution in [2.45, 2.75) is 0 Å². The number of hydrazone groups is 1. The number of para-hydroxylation sites is 1. The number of nitrogens with two attached hydrogens (primary N) is 1. The summed E-state index contributed by atoms with van der Waals surface area (Å²) in [5, 5.41) is 3.85. The maximum atomic E-state index is 11.7. The number of nitrogens with zero attached hydrogens (tertiary/aromatic N) is 1. The fraction of sp³-hybridized carbons (Fsp3) is 0. The second kappa shape index (κ2) is 5.48. The molecule has 1 amide bonds. The van der Waals surface area contributed by atoms with E-state index in [1.54, 1.807) is 30.5 Å². The summed E-state index contributed by atoms with van der Waals surface area (Å²) in [6.45, 7) is 0. The highest BCUT2D eigenvalue weighted by Gasteiger charge is 2.14. The molecule has 0 aliphatic heterocycles. The predicted octanol–water partition coefficient (Wildman–Crippen LogP) is 1.39. The predicted molar refractivity (Wildman–Crippen MR) is 67.3 cm³/mol. The summed E-state index contributed by atoms with van der Waals surface area (Å²) in [6.07, 6.45) is 9.17. The number of nitrogens with one attached hydrogen (secondary N) is 1. The van der Waals surface area contributed by atoms with Crippen LogP contribution in [-0.2, 0) is 0 Å². The first kappa shape index (κ1) is 11.6. The quantitative estimate of drug-likeness (QED) is 0.464. The van der Waals surface area contributed by atoms with E-state index in [1.807, 2.05) is 25.7 Å². The summed E-state index contributed by atoms with van der Waals surface area (Å²) in [5.74, 6) is 0.622. The fourth-order valence-corrected chi connectivity index (χ4v) is 1.40. The summed E-state index contributed by atoms with van der Waals surface area (Å²) in [5.41, 5.74) is 8.97. The molecule has 1 fully saturated rings. The minimum absolute atomic E-state index is 0.314. The number of anilines is 1. The van der Waals surface area contributed by atoms with Crippen LogP contribution in [0.4, 0.5) is 5.69 Å². The van der Waals surface area contributed by atoms with Gasteiger partial charge in [0.15, 0.2) is 0 Å². The second-order valence-corrected chi connectivity index (χ2v) is 3.50. The molecule has 5 radical (unpaired) electrons. The van der Waals surface area contributed by atoms with E-state index in [-0.39, 0.29) is 5.91 Å². The Morgan fingerprint density at radius 2 is 1.94 bits per heavy atom. The third-order valence-corrected chi connectivity index (χ3v) is 2.27. The number of hydrogen-bond donors (Lipinski definition) is 2. The Kier molecular flexibility index (Phi) is 3.75. The number of benzene rings is 1. The molecule has 0 bridgehead atoms. The molecule has 1 saturated carbocycles. The minimum Gasteiger partial charge on any atom is -0.398 e. The van der Waals surface area contributed by atoms with Crippen LogP contribution < -0.4 is 11.2 Å². The number of amides is 1. The van der Waals surface area contributed by atoms with Gasteiger partial charge in [-0.25, -0.2) is 5.43 Å². The van der Waals surface area contributed by atoms with Crippen molar-refractivity contribution >= 4 is 17.8 Å². The van der Waals surface area contributed by atoms with Gasteiger partial charge in [-0.15, -0.1) is 0 Å². The van der Waals surface area contributed by atoms with Gasteiger partial charge in [0.25, 0.3) is 5.91 Å². The molecular weight excluding hydrogens is 214 g/mol. The molecule has 1 aromatic rings. The van der Waals surface area contributed by atoms with Gasteiger partial charge in [-0.05, 0) is 37.8 Å². The molecule has 4 nitrogen and oxygen atoms in total. The molecule has 3 N–H and O–H groups in total. The maximum Gasteiger partial charge on any atom is 0.273 e. The van der Waals surface area contributed by atoms with Crippen LogP contribution in [0.2, 0.25) is 0 Å². The number of carbonyl (C=O) groups is 1. The standard InChI is InChI=1S/C13H12N3O/c14-12-8-4-3-7-11(12)13(17)16-15-9-10-5-1-2-6-10/h1-9H,14H2,(H,16,17)/b15-9+. The molecule has 4 heteroatoms. The van der Waals surface area contributed by atoms with Crippen LogP contribution in [0.15, 0.2) is 29.4 Å². The molecule has 2 rings (SSSR count). The van der Waals surface area contributed by atoms with Crippen LogP contribution in [0.3, 0.4) is 0 Å². The number of carbonyl (C=O) groups excluding carboxylic acids is 1. The summed E-state index contributed by atoms with van der Waals surface area (Å²) < 4.78 is 0. The number of rotatable bonds is 3. The van der Waals surface area contributed by atoms with E-state index < -0.39 is 0 Å². The first-order chi connectivity index (χ1) is 8.27. The summed E-state index contributed by atoms with van der Waals surface area (Å²) in [4.78, 5) is 11.7. The lowest BCUT2D eigenvalue weighted by atomic mass is 10.1. The molecule has 0 atom stereocenters. The molecule has 17 heavy (non-hydrogen) atoms. The fourth-order valence-electron chi connectivity index (χ4n) is 1.40. The topological polar surface area (TPSA) is 67.5 Å². The van der Waals surface area contributed by atoms with Crippen LogP contribution in [0, 0.1) is 31.6 Å². The SMILES string of the molecule is Nc1ccccc1C(=O)N/N=C/[C]1[CH][CH][CH][CH]1. The summed E-state index contributed by atoms with van der Waals surface area (Å²) in [7, 11) is 0. The Hall–Kier alpha value is -1.84. The van der Waals surface area contributed by atoms with Crippen molar-refractivity contribution in [2.75, 3.05) is 5.73 Å². The van der Waals surface area contributed by atoms with E-state index in [0.717, 1.165) is 5.92 Å². The normalized spacial score (nSPS) is 16.5. The van der Waals surface area contributed by atoms with E-state index >= 15 is 0 Å². The third kappa shape index (κ3) is 3.06. The lowest BCUT2D eigenvalue weighted by molar-refractivity contribution is 0.0956. The molecular formula is C13H12N3O. The molecule has 85 valence electrons. The average Bonchev–Trinajstić information content (AvgIpc) is 2.82. The molecule has 1 aliphatic rings. The lowest BCUT2D eigenvalue weighted by Gasteiger charge is -2.03. The first-order valence-electron chi connectivity index (χ1n) is 5.17. The molecule has 0 aromatic heterocycles. The second-order valence-electron chi connectivity index (χ2n) is 3.50. The van der Waals surface area contributed by atoms with Crippen molar-refractivity contribution in [3.63, 3.8) is 0 Å². The van der Waals surface area contributed by atoms with Crippen molar-refractivity contribution in [3.05, 3.63) is 61.4 Å². The van der Waals surface area contributed by atoms with Crippen LogP contribution >= 0.6 is 0 Å². The van der Waals surface area contributed by atoms with E-state index in [2.05, 4.69) is 10.5 Å². The van der Waals surface area contributed by atoms with E-state index in [4.69, 9.17) is 5.73 Å². The lowest BCUT2D eigenvalue weighted by Crippen LogP contribution is -2.19. The van der Waals surface area contributed by atoms with Crippen molar-refractivity contribution < 1.29 is 4.79 Å². The van der Waals surface area contributed by atoms with E-state index in [9.17, 15) is 4.79 Å². The largest absolute Gasteiger partial charge is 0.398 e. The zero-order valence-corrected chi connectivity index (χ0v) is 9.13. The van der Waals surface area contributed by atoms with Gasteiger partial charge in [0, 0.05) is 17.8 Å². The third-order valence-electron chi connectivity index (χ3n) is 2.27. The molecule has 1 aromatic carbocycles. The van der Waals surface area contributed by atoms with Crippen molar-refractivity contribution in [1.29, 1.82) is 0 Å². The van der Waals surface area contributed by atoms with Gasteiger partial charge in [0.2, 0.25) is 0 Å². The number of nitrogen functional groups attached to an aromatic ring is 1. The summed E-state index contributed by atoms with van der Waals surface area (Å²) >= 11 is 0. The summed E-state index contributed by atoms with van der Waals surface area (Å²) in [6, 6.07) is 6.87. The smallest absolute Gasteiger partial charge is 0.273 e. The van der Waals surface area contributed by atoms with Gasteiger partial charge in [-0.2, -0.15) is 5.10 Å². The van der Waals surface area contributed by atoms with Gasteiger partial charge in [0.1, 0.15) is 0 Å². The average molecular weight is 226 g/mol. The Morgan fingerprint density at radius 3 is 2.65 bits per heavy atom. The van der Waals surface area contributed by atoms with Crippen molar-refractivity contribution in [3.8, 4) is 0 Å². The highest BCUT2D eigenvalue weighted by molar-refractivity contribution is 5.99. The molecule has 1 aliphatic carbocycles. The first-order valence-corrected chi connectivity index (χ1v) is 5.17. The van der Waals surface area contributed by atoms with Crippen molar-refractivity contribution in [2.24, 2.45) is 5.10 Å². The maximum absolute atomic E-state index is 11.7. The van der Waals surface area contributed by atoms with Crippen molar-refractivity contribution in [1.82, 2.24) is 5.43 Å². The van der Waals surface area contributed by atoms with Gasteiger partial charge in [0.05, 0.1) is 5.56 Å². The molecule has 0 saturated heterocycles. The van der Waals surface area contributed by atoms with Crippen LogP contribution in [0.25, 0.3) is 0 Å². The van der Waals surface area contributed by atoms with Crippen LogP contribution in [0.1, 0.15) is 10.4 Å². The highest BCUT2D eigenvalue weighted by atomic mass is 16.2. The zero-order chi connectivity index (χ0) is 12.1. The van der Waals surface area contributed by atoms with Crippen LogP contribution in [0.5, 0.6) is 0 Å². The number of hydrogen-bond acceptors (Lipinski definition) is 3. The highest BCUT2D eigenvalue weighted by Crippen LogP contribution is 2.20. The Morgan fingerprint density at radius 1 is 1.24 bits per heavy atom. The Bertz CT molecular complexity index is 422. The molecule has 0 unspecified atom stereocenters. The van der Waals surface area contributed by atoms with E-state index in [0.29, 0.717) is 11.3 Å². The monoisotopic (exact) mass is 226 g/mol. The molecule has 0 spiro atoms. The molecule has 0 heterocycles. The Balaban J connectivity index is 1.91. The van der Waals surface area contributed by atoms with Gasteiger partial charge in [-0.1, -0.05) is 12.1 Å². The minimum atomic E-state index is -0.314. The Labute approximate surface area is 101 Å². The van der Waals surface area contributed by atoms with Gasteiger partial charge in [-0.3, -0.25) is 4.79 Å². The van der Waals surface area contributed by atoms with Crippen LogP contribution in [-0.4, -0.2) is 12.1 Å².